The van der Waals surface area contributed by atoms with Crippen LogP contribution in [0.15, 0.2) is 56.6 Å². The highest BCUT2D eigenvalue weighted by atomic mass is 79.9. The number of carbonyl (C=O) groups is 1. The second kappa shape index (κ2) is 8.47. The molecule has 1 heterocycles. The van der Waals surface area contributed by atoms with E-state index in [4.69, 9.17) is 4.89 Å². The van der Waals surface area contributed by atoms with Crippen LogP contribution in [0, 0.1) is 11.3 Å². The summed E-state index contributed by atoms with van der Waals surface area (Å²) in [4.78, 5) is 23.9. The quantitative estimate of drug-likeness (QED) is 0.448. The summed E-state index contributed by atoms with van der Waals surface area (Å²) in [5.74, 6) is -0.794. The summed E-state index contributed by atoms with van der Waals surface area (Å²) < 4.78 is 1.95. The van der Waals surface area contributed by atoms with Crippen LogP contribution in [0.3, 0.4) is 0 Å². The first-order valence-electron chi connectivity index (χ1n) is 9.30. The first-order valence-corrected chi connectivity index (χ1v) is 10.9. The molecule has 0 amide bonds. The molecule has 0 bridgehead atoms. The number of aliphatic hydroxyl groups is 1. The largest absolute Gasteiger partial charge is 0.389 e. The number of ketones is 1. The van der Waals surface area contributed by atoms with Gasteiger partial charge < -0.3 is 10.0 Å². The molecule has 1 aliphatic carbocycles. The van der Waals surface area contributed by atoms with Crippen molar-refractivity contribution in [2.75, 3.05) is 14.2 Å². The molecule has 29 heavy (non-hydrogen) atoms. The molecule has 1 aromatic carbocycles. The third-order valence-corrected chi connectivity index (χ3v) is 7.05. The van der Waals surface area contributed by atoms with Crippen molar-refractivity contribution in [2.24, 2.45) is 11.3 Å². The summed E-state index contributed by atoms with van der Waals surface area (Å²) in [6.45, 7) is 6.46. The molecule has 3 rings (SSSR count). The van der Waals surface area contributed by atoms with Crippen LogP contribution in [0.25, 0.3) is 5.70 Å². The molecule has 0 saturated heterocycles. The Morgan fingerprint density at radius 2 is 1.86 bits per heavy atom. The number of hydrogen-bond acceptors (Lipinski definition) is 5. The summed E-state index contributed by atoms with van der Waals surface area (Å²) in [5.41, 5.74) is 3.96. The second-order valence-electron chi connectivity index (χ2n) is 8.27. The standard InChI is InChI=1S/C22H25Br2NO4/c1-22(2,3)18-10-12(8-14-19(26)21(20(14)27)29-28-5)9-17(25(18)4)13-6-7-15(23)16(24)11-13/h6-11,14,19,21,26H,1-5H3. The smallest absolute Gasteiger partial charge is 0.178 e. The molecule has 0 aromatic heterocycles. The van der Waals surface area contributed by atoms with Crippen LogP contribution >= 0.6 is 31.9 Å². The number of benzene rings is 1. The molecule has 2 aliphatic rings. The maximum Gasteiger partial charge on any atom is 0.178 e. The minimum absolute atomic E-state index is 0.107. The van der Waals surface area contributed by atoms with Crippen LogP contribution in [0.2, 0.25) is 0 Å². The summed E-state index contributed by atoms with van der Waals surface area (Å²) in [6, 6.07) is 6.10. The predicted octanol–water partition coefficient (Wildman–Crippen LogP) is 4.86. The Balaban J connectivity index is 2.02. The summed E-state index contributed by atoms with van der Waals surface area (Å²) in [6.07, 6.45) is 4.08. The zero-order chi connectivity index (χ0) is 21.5. The third kappa shape index (κ3) is 4.44. The molecule has 1 N–H and O–H groups in total. The fourth-order valence-corrected chi connectivity index (χ4v) is 4.25. The zero-order valence-electron chi connectivity index (χ0n) is 17.1. The van der Waals surface area contributed by atoms with Gasteiger partial charge in [0, 0.05) is 32.8 Å². The Hall–Kier alpha value is -1.25. The molecule has 1 aliphatic heterocycles. The van der Waals surface area contributed by atoms with Gasteiger partial charge in [0.25, 0.3) is 0 Å². The van der Waals surface area contributed by atoms with Crippen LogP contribution < -0.4 is 0 Å². The van der Waals surface area contributed by atoms with Crippen LogP contribution in [0.5, 0.6) is 0 Å². The van der Waals surface area contributed by atoms with E-state index in [0.717, 1.165) is 31.5 Å². The Bertz CT molecular complexity index is 914. The van der Waals surface area contributed by atoms with Gasteiger partial charge in [0.1, 0.15) is 6.10 Å². The van der Waals surface area contributed by atoms with Crippen molar-refractivity contribution >= 4 is 43.3 Å². The second-order valence-corrected chi connectivity index (χ2v) is 9.97. The number of rotatable bonds is 4. The molecule has 0 spiro atoms. The maximum atomic E-state index is 12.3. The lowest BCUT2D eigenvalue weighted by Gasteiger charge is -2.38. The van der Waals surface area contributed by atoms with Crippen molar-refractivity contribution in [3.63, 3.8) is 0 Å². The van der Waals surface area contributed by atoms with E-state index < -0.39 is 18.1 Å². The van der Waals surface area contributed by atoms with Gasteiger partial charge in [-0.15, -0.1) is 0 Å². The Morgan fingerprint density at radius 1 is 1.17 bits per heavy atom. The fourth-order valence-electron chi connectivity index (χ4n) is 3.62. The number of halogens is 2. The fraction of sp³-hybridized carbons (Fsp3) is 0.409. The average molecular weight is 527 g/mol. The first kappa shape index (κ1) is 22.4. The minimum atomic E-state index is -0.926. The first-order chi connectivity index (χ1) is 13.5. The molecule has 0 radical (unpaired) electrons. The van der Waals surface area contributed by atoms with E-state index in [1.54, 1.807) is 0 Å². The van der Waals surface area contributed by atoms with Gasteiger partial charge in [-0.1, -0.05) is 32.9 Å². The van der Waals surface area contributed by atoms with Gasteiger partial charge in [-0.05, 0) is 67.3 Å². The molecule has 1 fully saturated rings. The molecule has 1 aromatic rings. The molecular formula is C22H25Br2NO4. The van der Waals surface area contributed by atoms with Crippen molar-refractivity contribution in [3.8, 4) is 0 Å². The highest BCUT2D eigenvalue weighted by Crippen LogP contribution is 2.40. The lowest BCUT2D eigenvalue weighted by molar-refractivity contribution is -0.325. The molecule has 1 saturated carbocycles. The Labute approximate surface area is 188 Å². The van der Waals surface area contributed by atoms with Gasteiger partial charge in [-0.3, -0.25) is 4.79 Å². The van der Waals surface area contributed by atoms with E-state index in [2.05, 4.69) is 74.6 Å². The highest BCUT2D eigenvalue weighted by Gasteiger charge is 2.50. The van der Waals surface area contributed by atoms with Crippen molar-refractivity contribution < 1.29 is 19.7 Å². The van der Waals surface area contributed by atoms with Gasteiger partial charge in [0.15, 0.2) is 11.9 Å². The predicted molar refractivity (Wildman–Crippen MR) is 120 cm³/mol. The summed E-state index contributed by atoms with van der Waals surface area (Å²) in [5, 5.41) is 10.3. The average Bonchev–Trinajstić information content (AvgIpc) is 2.66. The van der Waals surface area contributed by atoms with Crippen molar-refractivity contribution in [1.29, 1.82) is 0 Å². The van der Waals surface area contributed by atoms with Crippen LogP contribution in [0.4, 0.5) is 0 Å². The van der Waals surface area contributed by atoms with E-state index in [-0.39, 0.29) is 11.2 Å². The molecule has 156 valence electrons. The van der Waals surface area contributed by atoms with Gasteiger partial charge in [-0.2, -0.15) is 0 Å². The van der Waals surface area contributed by atoms with Gasteiger partial charge in [-0.25, -0.2) is 9.78 Å². The lowest BCUT2D eigenvalue weighted by atomic mass is 9.76. The molecule has 7 heteroatoms. The molecule has 3 unspecified atom stereocenters. The molecule has 5 nitrogen and oxygen atoms in total. The van der Waals surface area contributed by atoms with Gasteiger partial charge >= 0.3 is 0 Å². The van der Waals surface area contributed by atoms with Crippen LogP contribution in [-0.4, -0.2) is 42.2 Å². The van der Waals surface area contributed by atoms with Crippen molar-refractivity contribution in [2.45, 2.75) is 33.0 Å². The normalized spacial score (nSPS) is 26.3. The summed E-state index contributed by atoms with van der Waals surface area (Å²) >= 11 is 7.09. The number of Topliss-reactive ketones (excluding diaryl/α,β-unsaturated/α-hetero) is 1. The molecular weight excluding hydrogens is 502 g/mol. The van der Waals surface area contributed by atoms with Crippen molar-refractivity contribution in [3.05, 3.63) is 62.2 Å². The van der Waals surface area contributed by atoms with Crippen LogP contribution in [-0.2, 0) is 14.6 Å². The van der Waals surface area contributed by atoms with Gasteiger partial charge in [0.2, 0.25) is 0 Å². The maximum absolute atomic E-state index is 12.3. The van der Waals surface area contributed by atoms with E-state index in [1.807, 2.05) is 31.3 Å². The minimum Gasteiger partial charge on any atom is -0.389 e. The summed E-state index contributed by atoms with van der Waals surface area (Å²) in [7, 11) is 3.37. The van der Waals surface area contributed by atoms with E-state index in [9.17, 15) is 9.90 Å². The van der Waals surface area contributed by atoms with Crippen LogP contribution in [0.1, 0.15) is 26.3 Å². The topological polar surface area (TPSA) is 59.0 Å². The Morgan fingerprint density at radius 3 is 2.41 bits per heavy atom. The lowest BCUT2D eigenvalue weighted by Crippen LogP contribution is -2.57. The van der Waals surface area contributed by atoms with E-state index in [0.29, 0.717) is 0 Å². The highest BCUT2D eigenvalue weighted by molar-refractivity contribution is 9.13. The molecule has 3 atom stereocenters. The number of carbonyl (C=O) groups excluding carboxylic acids is 1. The number of aliphatic hydroxyl groups excluding tert-OH is 1. The van der Waals surface area contributed by atoms with Gasteiger partial charge in [0.05, 0.1) is 13.0 Å². The SMILES string of the molecule is COOC1C(=O)C(C=C2C=C(c3ccc(Br)c(Br)c3)N(C)C(C(C)(C)C)=C2)C1O. The van der Waals surface area contributed by atoms with E-state index in [1.165, 1.54) is 7.11 Å². The number of nitrogens with zero attached hydrogens (tertiary/aromatic N) is 1. The Kier molecular flexibility index (Phi) is 6.56. The number of allylic oxidation sites excluding steroid dienone is 4. The third-order valence-electron chi connectivity index (χ3n) is 5.17. The zero-order valence-corrected chi connectivity index (χ0v) is 20.2. The van der Waals surface area contributed by atoms with Crippen molar-refractivity contribution in [1.82, 2.24) is 4.90 Å². The monoisotopic (exact) mass is 525 g/mol. The van der Waals surface area contributed by atoms with E-state index >= 15 is 0 Å². The number of hydrogen-bond donors (Lipinski definition) is 1.